The van der Waals surface area contributed by atoms with Crippen LogP contribution in [-0.2, 0) is 14.3 Å². The van der Waals surface area contributed by atoms with Crippen molar-refractivity contribution in [2.45, 2.75) is 43.7 Å². The fourth-order valence-electron chi connectivity index (χ4n) is 1.13. The smallest absolute Gasteiger partial charge is 0.321 e. The molecule has 0 aliphatic heterocycles. The number of esters is 1. The molecule has 3 N–H and O–H groups in total. The zero-order valence-corrected chi connectivity index (χ0v) is 10.8. The van der Waals surface area contributed by atoms with E-state index in [9.17, 15) is 9.59 Å². The van der Waals surface area contributed by atoms with Crippen LogP contribution < -0.4 is 5.73 Å². The Morgan fingerprint density at radius 2 is 2.00 bits per heavy atom. The van der Waals surface area contributed by atoms with Gasteiger partial charge in [-0.05, 0) is 27.7 Å². The molecule has 0 aliphatic carbocycles. The number of nitrogens with two attached hydrogens (primary N) is 1. The second-order valence-corrected chi connectivity index (χ2v) is 5.93. The molecule has 0 aliphatic rings. The number of aliphatic carboxylic acids is 1. The Morgan fingerprint density at radius 3 is 2.38 bits per heavy atom. The maximum Gasteiger partial charge on any atom is 0.321 e. The molecule has 0 bridgehead atoms. The molecule has 0 rings (SSSR count). The largest absolute Gasteiger partial charge is 0.480 e. The average molecular weight is 249 g/mol. The normalized spacial score (nSPS) is 15.3. The molecular weight excluding hydrogens is 230 g/mol. The summed E-state index contributed by atoms with van der Waals surface area (Å²) in [5.74, 6) is -1.42. The second kappa shape index (κ2) is 6.10. The second-order valence-electron chi connectivity index (χ2n) is 3.93. The molecule has 5 nitrogen and oxygen atoms in total. The summed E-state index contributed by atoms with van der Waals surface area (Å²) < 4.78 is 4.12. The molecule has 0 fully saturated rings. The molecule has 0 aromatic rings. The number of thioether (sulfide) groups is 1. The highest BCUT2D eigenvalue weighted by atomic mass is 32.2. The summed E-state index contributed by atoms with van der Waals surface area (Å²) in [5.41, 5.74) is 5.54. The van der Waals surface area contributed by atoms with Crippen LogP contribution in [0.2, 0.25) is 0 Å². The van der Waals surface area contributed by atoms with Gasteiger partial charge >= 0.3 is 11.9 Å². The molecule has 16 heavy (non-hydrogen) atoms. The van der Waals surface area contributed by atoms with Gasteiger partial charge in [-0.25, -0.2) is 0 Å². The first kappa shape index (κ1) is 15.2. The van der Waals surface area contributed by atoms with Crippen molar-refractivity contribution in [3.05, 3.63) is 0 Å². The Balaban J connectivity index is 4.46. The monoisotopic (exact) mass is 249 g/mol. The molecular formula is C10H19NO4S. The Bertz CT molecular complexity index is 268. The number of carbonyl (C=O) groups excluding carboxylic acids is 1. The van der Waals surface area contributed by atoms with Crippen LogP contribution in [0.5, 0.6) is 0 Å². The Hall–Kier alpha value is -0.750. The van der Waals surface area contributed by atoms with E-state index in [2.05, 4.69) is 0 Å². The molecule has 0 radical (unpaired) electrons. The van der Waals surface area contributed by atoms with Gasteiger partial charge in [-0.15, -0.1) is 11.8 Å². The van der Waals surface area contributed by atoms with Crippen LogP contribution >= 0.6 is 11.8 Å². The minimum absolute atomic E-state index is 0.315. The Labute approximate surface area is 99.7 Å². The van der Waals surface area contributed by atoms with Gasteiger partial charge in [0.1, 0.15) is 11.3 Å². The number of ether oxygens (including phenoxy) is 1. The summed E-state index contributed by atoms with van der Waals surface area (Å²) >= 11 is 1.21. The highest BCUT2D eigenvalue weighted by molar-refractivity contribution is 8.01. The van der Waals surface area contributed by atoms with E-state index in [4.69, 9.17) is 15.6 Å². The standard InChI is InChI=1S/C10H19NO4S/c1-5-15-9(14)6(2)16-10(3,4)7(11)8(12)13/h6-7H,5,11H2,1-4H3,(H,12,13)/t6?,7-/m1/s1. The van der Waals surface area contributed by atoms with Crippen molar-refractivity contribution >= 4 is 23.7 Å². The lowest BCUT2D eigenvalue weighted by Gasteiger charge is -2.30. The van der Waals surface area contributed by atoms with Crippen molar-refractivity contribution in [2.75, 3.05) is 6.61 Å². The number of hydrogen-bond donors (Lipinski definition) is 2. The van der Waals surface area contributed by atoms with Crippen LogP contribution in [0, 0.1) is 0 Å². The van der Waals surface area contributed by atoms with Gasteiger partial charge in [0.05, 0.1) is 6.61 Å². The van der Waals surface area contributed by atoms with E-state index in [0.717, 1.165) is 0 Å². The van der Waals surface area contributed by atoms with Gasteiger partial charge in [0.15, 0.2) is 0 Å². The number of carbonyl (C=O) groups is 2. The first-order valence-electron chi connectivity index (χ1n) is 5.05. The van der Waals surface area contributed by atoms with Gasteiger partial charge in [0.2, 0.25) is 0 Å². The summed E-state index contributed by atoms with van der Waals surface area (Å²) in [5, 5.41) is 8.39. The molecule has 0 spiro atoms. The van der Waals surface area contributed by atoms with Crippen LogP contribution in [-0.4, -0.2) is 39.7 Å². The quantitative estimate of drug-likeness (QED) is 0.679. The van der Waals surface area contributed by atoms with E-state index < -0.39 is 22.0 Å². The Morgan fingerprint density at radius 1 is 1.50 bits per heavy atom. The van der Waals surface area contributed by atoms with Gasteiger partial charge in [-0.1, -0.05) is 0 Å². The van der Waals surface area contributed by atoms with Crippen molar-refractivity contribution in [3.8, 4) is 0 Å². The molecule has 1 unspecified atom stereocenters. The van der Waals surface area contributed by atoms with Gasteiger partial charge in [0.25, 0.3) is 0 Å². The number of carboxylic acid groups (broad SMARTS) is 1. The minimum Gasteiger partial charge on any atom is -0.480 e. The third-order valence-corrected chi connectivity index (χ3v) is 3.52. The molecule has 94 valence electrons. The zero-order chi connectivity index (χ0) is 12.9. The van der Waals surface area contributed by atoms with E-state index in [0.29, 0.717) is 6.61 Å². The SMILES string of the molecule is CCOC(=O)C(C)SC(C)(C)[C@H](N)C(=O)O. The lowest BCUT2D eigenvalue weighted by Crippen LogP contribution is -2.48. The minimum atomic E-state index is -1.08. The van der Waals surface area contributed by atoms with Crippen LogP contribution in [0.25, 0.3) is 0 Å². The van der Waals surface area contributed by atoms with Crippen LogP contribution in [0.3, 0.4) is 0 Å². The Kier molecular flexibility index (Phi) is 5.81. The van der Waals surface area contributed by atoms with E-state index in [1.807, 2.05) is 0 Å². The molecule has 6 heteroatoms. The maximum absolute atomic E-state index is 11.4. The zero-order valence-electron chi connectivity index (χ0n) is 10.0. The van der Waals surface area contributed by atoms with Crippen molar-refractivity contribution in [3.63, 3.8) is 0 Å². The van der Waals surface area contributed by atoms with E-state index in [1.165, 1.54) is 11.8 Å². The molecule has 2 atom stereocenters. The fraction of sp³-hybridized carbons (Fsp3) is 0.800. The lowest BCUT2D eigenvalue weighted by atomic mass is 10.1. The van der Waals surface area contributed by atoms with Gasteiger partial charge in [-0.3, -0.25) is 9.59 Å². The van der Waals surface area contributed by atoms with E-state index in [1.54, 1.807) is 27.7 Å². The topological polar surface area (TPSA) is 89.6 Å². The molecule has 0 heterocycles. The van der Waals surface area contributed by atoms with Crippen molar-refractivity contribution in [1.29, 1.82) is 0 Å². The lowest BCUT2D eigenvalue weighted by molar-refractivity contribution is -0.142. The van der Waals surface area contributed by atoms with Crippen molar-refractivity contribution < 1.29 is 19.4 Å². The highest BCUT2D eigenvalue weighted by Crippen LogP contribution is 2.31. The van der Waals surface area contributed by atoms with E-state index >= 15 is 0 Å². The maximum atomic E-state index is 11.4. The molecule has 0 aromatic carbocycles. The number of carboxylic acids is 1. The van der Waals surface area contributed by atoms with Crippen molar-refractivity contribution in [1.82, 2.24) is 0 Å². The van der Waals surface area contributed by atoms with Gasteiger partial charge in [0, 0.05) is 4.75 Å². The molecule has 0 amide bonds. The predicted octanol–water partition coefficient (Wildman–Crippen LogP) is 0.862. The summed E-state index contributed by atoms with van der Waals surface area (Å²) in [6, 6.07) is -1.02. The van der Waals surface area contributed by atoms with E-state index in [-0.39, 0.29) is 5.97 Å². The summed E-state index contributed by atoms with van der Waals surface area (Å²) in [7, 11) is 0. The summed E-state index contributed by atoms with van der Waals surface area (Å²) in [4.78, 5) is 22.2. The first-order chi connectivity index (χ1) is 7.22. The van der Waals surface area contributed by atoms with Gasteiger partial charge < -0.3 is 15.6 Å². The van der Waals surface area contributed by atoms with Crippen molar-refractivity contribution in [2.24, 2.45) is 5.73 Å². The summed E-state index contributed by atoms with van der Waals surface area (Å²) in [6.07, 6.45) is 0. The van der Waals surface area contributed by atoms with Gasteiger partial charge in [-0.2, -0.15) is 0 Å². The number of hydrogen-bond acceptors (Lipinski definition) is 5. The van der Waals surface area contributed by atoms with Crippen LogP contribution in [0.15, 0.2) is 0 Å². The predicted molar refractivity (Wildman–Crippen MR) is 63.4 cm³/mol. The highest BCUT2D eigenvalue weighted by Gasteiger charge is 2.36. The third kappa shape index (κ3) is 4.40. The first-order valence-corrected chi connectivity index (χ1v) is 5.93. The summed E-state index contributed by atoms with van der Waals surface area (Å²) in [6.45, 7) is 7.12. The van der Waals surface area contributed by atoms with Crippen LogP contribution in [0.1, 0.15) is 27.7 Å². The molecule has 0 saturated heterocycles. The fourth-order valence-corrected chi connectivity index (χ4v) is 2.46. The third-order valence-electron chi connectivity index (χ3n) is 2.11. The molecule has 0 aromatic heterocycles. The number of rotatable bonds is 6. The average Bonchev–Trinajstić information content (AvgIpc) is 2.16. The van der Waals surface area contributed by atoms with Crippen LogP contribution in [0.4, 0.5) is 0 Å². The molecule has 0 saturated carbocycles.